The summed E-state index contributed by atoms with van der Waals surface area (Å²) in [6.07, 6.45) is 0. The Kier molecular flexibility index (Phi) is 5.15. The van der Waals surface area contributed by atoms with Crippen molar-refractivity contribution in [1.29, 1.82) is 0 Å². The highest BCUT2D eigenvalue weighted by atomic mass is 79.9. The summed E-state index contributed by atoms with van der Waals surface area (Å²) < 4.78 is 19.2. The summed E-state index contributed by atoms with van der Waals surface area (Å²) in [6.45, 7) is 2.61. The molecule has 0 aliphatic rings. The molecule has 2 aromatic carbocycles. The highest BCUT2D eigenvalue weighted by Gasteiger charge is 2.13. The van der Waals surface area contributed by atoms with Gasteiger partial charge in [0.25, 0.3) is 0 Å². The highest BCUT2D eigenvalue weighted by Crippen LogP contribution is 2.27. The lowest BCUT2D eigenvalue weighted by molar-refractivity contribution is 0.340. The van der Waals surface area contributed by atoms with E-state index in [0.29, 0.717) is 11.1 Å². The van der Waals surface area contributed by atoms with Crippen molar-refractivity contribution in [2.24, 2.45) is 0 Å². The van der Waals surface area contributed by atoms with Gasteiger partial charge >= 0.3 is 0 Å². The third kappa shape index (κ3) is 3.38. The second-order valence-electron chi connectivity index (χ2n) is 4.40. The maximum Gasteiger partial charge on any atom is 0.137 e. The molecule has 0 amide bonds. The molecule has 1 unspecified atom stereocenters. The van der Waals surface area contributed by atoms with Crippen LogP contribution in [-0.2, 0) is 0 Å². The Morgan fingerprint density at radius 3 is 2.35 bits per heavy atom. The monoisotopic (exact) mass is 337 g/mol. The Hall–Kier alpha value is -1.39. The molecule has 2 rings (SSSR count). The number of hydrogen-bond acceptors (Lipinski definition) is 2. The molecule has 1 atom stereocenters. The van der Waals surface area contributed by atoms with Crippen molar-refractivity contribution in [1.82, 2.24) is 5.32 Å². The highest BCUT2D eigenvalue weighted by molar-refractivity contribution is 9.10. The molecule has 0 aliphatic carbocycles. The summed E-state index contributed by atoms with van der Waals surface area (Å²) in [6, 6.07) is 13.0. The Balaban J connectivity index is 2.29. The molecule has 2 aromatic rings. The average molecular weight is 338 g/mol. The van der Waals surface area contributed by atoms with Gasteiger partial charge < -0.3 is 10.1 Å². The van der Waals surface area contributed by atoms with Crippen LogP contribution in [0.3, 0.4) is 0 Å². The van der Waals surface area contributed by atoms with Gasteiger partial charge in [-0.1, -0.05) is 18.2 Å². The topological polar surface area (TPSA) is 21.3 Å². The minimum Gasteiger partial charge on any atom is -0.494 e. The van der Waals surface area contributed by atoms with Crippen molar-refractivity contribution < 1.29 is 9.13 Å². The summed E-state index contributed by atoms with van der Waals surface area (Å²) in [5.74, 6) is 0.599. The fourth-order valence-electron chi connectivity index (χ4n) is 2.14. The van der Waals surface area contributed by atoms with Gasteiger partial charge in [0.05, 0.1) is 17.1 Å². The van der Waals surface area contributed by atoms with Gasteiger partial charge in [0.2, 0.25) is 0 Å². The van der Waals surface area contributed by atoms with Crippen LogP contribution in [-0.4, -0.2) is 13.7 Å². The van der Waals surface area contributed by atoms with E-state index in [1.807, 2.05) is 38.2 Å². The third-order valence-electron chi connectivity index (χ3n) is 3.09. The summed E-state index contributed by atoms with van der Waals surface area (Å²) in [5.41, 5.74) is 2.11. The van der Waals surface area contributed by atoms with Gasteiger partial charge in [0.1, 0.15) is 11.6 Å². The van der Waals surface area contributed by atoms with Crippen molar-refractivity contribution in [2.45, 2.75) is 13.0 Å². The molecule has 0 radical (unpaired) electrons. The molecule has 0 fully saturated rings. The van der Waals surface area contributed by atoms with E-state index in [9.17, 15) is 4.39 Å². The molecule has 0 saturated carbocycles. The fourth-order valence-corrected chi connectivity index (χ4v) is 2.54. The van der Waals surface area contributed by atoms with Crippen molar-refractivity contribution in [3.05, 3.63) is 63.9 Å². The van der Waals surface area contributed by atoms with E-state index in [2.05, 4.69) is 21.2 Å². The zero-order valence-corrected chi connectivity index (χ0v) is 13.1. The first-order chi connectivity index (χ1) is 9.65. The first-order valence-electron chi connectivity index (χ1n) is 6.50. The molecule has 1 N–H and O–H groups in total. The third-order valence-corrected chi connectivity index (χ3v) is 3.70. The molecule has 0 heterocycles. The van der Waals surface area contributed by atoms with E-state index < -0.39 is 0 Å². The van der Waals surface area contributed by atoms with Gasteiger partial charge in [-0.15, -0.1) is 0 Å². The predicted molar refractivity (Wildman–Crippen MR) is 82.6 cm³/mol. The summed E-state index contributed by atoms with van der Waals surface area (Å²) in [4.78, 5) is 0. The van der Waals surface area contributed by atoms with Crippen molar-refractivity contribution in [3.8, 4) is 5.75 Å². The van der Waals surface area contributed by atoms with E-state index in [-0.39, 0.29) is 11.9 Å². The SMILES string of the molecule is CCOc1ccc(C(NC)c2ccc(F)c(Br)c2)cc1. The first-order valence-corrected chi connectivity index (χ1v) is 7.30. The number of hydrogen-bond donors (Lipinski definition) is 1. The van der Waals surface area contributed by atoms with Crippen LogP contribution in [0.2, 0.25) is 0 Å². The van der Waals surface area contributed by atoms with Crippen LogP contribution in [0.15, 0.2) is 46.9 Å². The zero-order valence-electron chi connectivity index (χ0n) is 11.5. The van der Waals surface area contributed by atoms with Gasteiger partial charge in [0, 0.05) is 0 Å². The number of ether oxygens (including phenoxy) is 1. The molecule has 106 valence electrons. The molecule has 0 saturated heterocycles. The molecule has 0 spiro atoms. The van der Waals surface area contributed by atoms with Crippen LogP contribution in [0.4, 0.5) is 4.39 Å². The summed E-state index contributed by atoms with van der Waals surface area (Å²) in [5, 5.41) is 3.25. The van der Waals surface area contributed by atoms with Crippen LogP contribution in [0.25, 0.3) is 0 Å². The number of halogens is 2. The van der Waals surface area contributed by atoms with E-state index in [1.54, 1.807) is 12.1 Å². The van der Waals surface area contributed by atoms with Crippen LogP contribution < -0.4 is 10.1 Å². The maximum absolute atomic E-state index is 13.3. The molecule has 0 bridgehead atoms. The molecule has 2 nitrogen and oxygen atoms in total. The largest absolute Gasteiger partial charge is 0.494 e. The second kappa shape index (κ2) is 6.86. The number of nitrogens with one attached hydrogen (secondary N) is 1. The van der Waals surface area contributed by atoms with Gasteiger partial charge in [-0.05, 0) is 65.3 Å². The summed E-state index contributed by atoms with van der Waals surface area (Å²) >= 11 is 3.23. The van der Waals surface area contributed by atoms with Gasteiger partial charge in [-0.3, -0.25) is 0 Å². The minimum atomic E-state index is -0.254. The summed E-state index contributed by atoms with van der Waals surface area (Å²) in [7, 11) is 1.89. The number of benzene rings is 2. The minimum absolute atomic E-state index is 0.0163. The van der Waals surface area contributed by atoms with Gasteiger partial charge in [-0.2, -0.15) is 0 Å². The van der Waals surface area contributed by atoms with Crippen LogP contribution >= 0.6 is 15.9 Å². The maximum atomic E-state index is 13.3. The van der Waals surface area contributed by atoms with Gasteiger partial charge in [0.15, 0.2) is 0 Å². The Labute approximate surface area is 127 Å². The zero-order chi connectivity index (χ0) is 14.5. The van der Waals surface area contributed by atoms with Crippen LogP contribution in [0, 0.1) is 5.82 Å². The Bertz CT molecular complexity index is 571. The van der Waals surface area contributed by atoms with E-state index in [4.69, 9.17) is 4.74 Å². The van der Waals surface area contributed by atoms with Crippen molar-refractivity contribution >= 4 is 15.9 Å². The van der Waals surface area contributed by atoms with Crippen molar-refractivity contribution in [2.75, 3.05) is 13.7 Å². The van der Waals surface area contributed by atoms with Crippen LogP contribution in [0.5, 0.6) is 5.75 Å². The van der Waals surface area contributed by atoms with Gasteiger partial charge in [-0.25, -0.2) is 4.39 Å². The first kappa shape index (κ1) is 15.0. The van der Waals surface area contributed by atoms with E-state index in [0.717, 1.165) is 16.9 Å². The molecular formula is C16H17BrFNO. The molecular weight excluding hydrogens is 321 g/mol. The quantitative estimate of drug-likeness (QED) is 0.878. The Morgan fingerprint density at radius 2 is 1.80 bits per heavy atom. The second-order valence-corrected chi connectivity index (χ2v) is 5.25. The number of rotatable bonds is 5. The standard InChI is InChI=1S/C16H17BrFNO/c1-3-20-13-7-4-11(5-8-13)16(19-2)12-6-9-15(18)14(17)10-12/h4-10,16,19H,3H2,1-2H3. The lowest BCUT2D eigenvalue weighted by atomic mass is 9.99. The molecule has 0 aromatic heterocycles. The molecule has 4 heteroatoms. The van der Waals surface area contributed by atoms with E-state index >= 15 is 0 Å². The lowest BCUT2D eigenvalue weighted by Crippen LogP contribution is -2.17. The average Bonchev–Trinajstić information content (AvgIpc) is 2.46. The normalized spacial score (nSPS) is 12.2. The molecule has 20 heavy (non-hydrogen) atoms. The van der Waals surface area contributed by atoms with E-state index in [1.165, 1.54) is 6.07 Å². The van der Waals surface area contributed by atoms with Crippen molar-refractivity contribution in [3.63, 3.8) is 0 Å². The fraction of sp³-hybridized carbons (Fsp3) is 0.250. The smallest absolute Gasteiger partial charge is 0.137 e. The van der Waals surface area contributed by atoms with Crippen LogP contribution in [0.1, 0.15) is 24.1 Å². The molecule has 0 aliphatic heterocycles. The Morgan fingerprint density at radius 1 is 1.15 bits per heavy atom. The predicted octanol–water partition coefficient (Wildman–Crippen LogP) is 4.30. The lowest BCUT2D eigenvalue weighted by Gasteiger charge is -2.18.